The number of hydrogen-bond acceptors (Lipinski definition) is 12. The van der Waals surface area contributed by atoms with Gasteiger partial charge in [-0.25, -0.2) is 19.9 Å². The summed E-state index contributed by atoms with van der Waals surface area (Å²) in [5.74, 6) is 0.317. The molecule has 0 aromatic carbocycles. The zero-order valence-corrected chi connectivity index (χ0v) is 9.52. The summed E-state index contributed by atoms with van der Waals surface area (Å²) in [5.41, 5.74) is 1.03. The van der Waals surface area contributed by atoms with Gasteiger partial charge in [-0.3, -0.25) is 0 Å². The summed E-state index contributed by atoms with van der Waals surface area (Å²) >= 11 is 0. The molecule has 0 saturated heterocycles. The van der Waals surface area contributed by atoms with Crippen LogP contribution in [0, 0.1) is 0 Å². The normalized spacial score (nSPS) is 11.0. The molecule has 4 rings (SSSR count). The number of fused-ring (bicyclic) bond motifs is 2. The first-order chi connectivity index (χ1) is 9.90. The van der Waals surface area contributed by atoms with Gasteiger partial charge in [-0.1, -0.05) is 0 Å². The van der Waals surface area contributed by atoms with E-state index >= 15 is 0 Å². The van der Waals surface area contributed by atoms with Crippen molar-refractivity contribution in [2.45, 2.75) is 0 Å². The van der Waals surface area contributed by atoms with E-state index in [1.165, 1.54) is 12.7 Å². The van der Waals surface area contributed by atoms with Gasteiger partial charge in [-0.15, -0.1) is 40.8 Å². The first-order valence-electron chi connectivity index (χ1n) is 5.27. The van der Waals surface area contributed by atoms with Crippen molar-refractivity contribution in [3.05, 3.63) is 12.7 Å². The number of hydrogen-bond donors (Lipinski definition) is 0. The maximum absolute atomic E-state index is 4.14. The largest absolute Gasteiger partial charge is 0.240 e. The van der Waals surface area contributed by atoms with Gasteiger partial charge in [0, 0.05) is 0 Å². The fourth-order valence-corrected chi connectivity index (χ4v) is 1.44. The van der Waals surface area contributed by atoms with E-state index in [1.54, 1.807) is 0 Å². The van der Waals surface area contributed by atoms with E-state index in [2.05, 4.69) is 60.7 Å². The van der Waals surface area contributed by atoms with Gasteiger partial charge in [-0.2, -0.15) is 0 Å². The van der Waals surface area contributed by atoms with Crippen LogP contribution in [0.2, 0.25) is 0 Å². The molecule has 0 aliphatic heterocycles. The molecule has 0 bridgehead atoms. The van der Waals surface area contributed by atoms with Crippen LogP contribution in [0.3, 0.4) is 0 Å². The molecule has 0 spiro atoms. The van der Waals surface area contributed by atoms with E-state index < -0.39 is 0 Å². The molecule has 0 radical (unpaired) electrons. The standard InChI is InChI=1S/C8H2N12/c1-9-3-7(15-11-1)19-17-5(13-3)6-14-4-8(20-18-6)16-12-2-10-4/h1-2H. The van der Waals surface area contributed by atoms with Gasteiger partial charge in [0.25, 0.3) is 0 Å². The molecule has 0 fully saturated rings. The Morgan fingerprint density at radius 2 is 1.00 bits per heavy atom. The second-order valence-electron chi connectivity index (χ2n) is 3.49. The second kappa shape index (κ2) is 4.04. The lowest BCUT2D eigenvalue weighted by molar-refractivity contribution is 0.893. The summed E-state index contributed by atoms with van der Waals surface area (Å²) < 4.78 is 0. The number of aromatic nitrogens is 12. The van der Waals surface area contributed by atoms with Crippen molar-refractivity contribution < 1.29 is 0 Å². The third kappa shape index (κ3) is 1.63. The van der Waals surface area contributed by atoms with E-state index in [4.69, 9.17) is 0 Å². The Kier molecular flexibility index (Phi) is 2.12. The van der Waals surface area contributed by atoms with Gasteiger partial charge in [0.15, 0.2) is 0 Å². The van der Waals surface area contributed by atoms with Crippen molar-refractivity contribution in [1.82, 2.24) is 60.7 Å². The highest BCUT2D eigenvalue weighted by molar-refractivity contribution is 5.67. The third-order valence-electron chi connectivity index (χ3n) is 2.27. The van der Waals surface area contributed by atoms with Crippen LogP contribution in [0.5, 0.6) is 0 Å². The van der Waals surface area contributed by atoms with Crippen LogP contribution in [-0.4, -0.2) is 60.7 Å². The number of nitrogens with zero attached hydrogens (tertiary/aromatic N) is 12. The molecule has 0 amide bonds. The average Bonchev–Trinajstić information content (AvgIpc) is 2.54. The molecule has 0 aliphatic rings. The lowest BCUT2D eigenvalue weighted by atomic mass is 10.5. The van der Waals surface area contributed by atoms with Crippen LogP contribution in [-0.2, 0) is 0 Å². The molecular weight excluding hydrogens is 264 g/mol. The van der Waals surface area contributed by atoms with Gasteiger partial charge in [0.2, 0.25) is 34.2 Å². The van der Waals surface area contributed by atoms with E-state index in [1.807, 2.05) is 0 Å². The highest BCUT2D eigenvalue weighted by Crippen LogP contribution is 2.10. The molecule has 94 valence electrons. The Morgan fingerprint density at radius 3 is 1.50 bits per heavy atom. The second-order valence-corrected chi connectivity index (χ2v) is 3.49. The minimum atomic E-state index is 0.158. The van der Waals surface area contributed by atoms with Gasteiger partial charge in [-0.05, 0) is 0 Å². The predicted molar refractivity (Wildman–Crippen MR) is 60.4 cm³/mol. The zero-order chi connectivity index (χ0) is 13.4. The first-order valence-corrected chi connectivity index (χ1v) is 5.27. The predicted octanol–water partition coefficient (Wildman–Crippen LogP) is -1.60. The highest BCUT2D eigenvalue weighted by Gasteiger charge is 2.11. The third-order valence-corrected chi connectivity index (χ3v) is 2.27. The molecule has 20 heavy (non-hydrogen) atoms. The summed E-state index contributed by atoms with van der Waals surface area (Å²) in [6.07, 6.45) is 2.52. The van der Waals surface area contributed by atoms with E-state index in [9.17, 15) is 0 Å². The van der Waals surface area contributed by atoms with Crippen LogP contribution in [0.4, 0.5) is 0 Å². The molecule has 12 nitrogen and oxygen atoms in total. The smallest absolute Gasteiger partial charge is 0.211 e. The van der Waals surface area contributed by atoms with Gasteiger partial charge < -0.3 is 0 Å². The molecule has 4 aromatic rings. The molecule has 0 saturated carbocycles. The summed E-state index contributed by atoms with van der Waals surface area (Å²) in [7, 11) is 0. The summed E-state index contributed by atoms with van der Waals surface area (Å²) in [5, 5.41) is 30.0. The van der Waals surface area contributed by atoms with Crippen molar-refractivity contribution in [3.63, 3.8) is 0 Å². The molecular formula is C8H2N12. The van der Waals surface area contributed by atoms with Crippen LogP contribution in [0.15, 0.2) is 12.7 Å². The fraction of sp³-hybridized carbons (Fsp3) is 0. The summed E-state index contributed by atoms with van der Waals surface area (Å²) in [6.45, 7) is 0. The lowest BCUT2D eigenvalue weighted by Crippen LogP contribution is -2.04. The Labute approximate surface area is 108 Å². The molecule has 0 unspecified atom stereocenters. The Bertz CT molecular complexity index is 846. The Morgan fingerprint density at radius 1 is 0.500 bits per heavy atom. The topological polar surface area (TPSA) is 155 Å². The SMILES string of the molecule is c1nnc2nnc(-c3nnc4nncnc4n3)nc2n1. The van der Waals surface area contributed by atoms with E-state index in [0.29, 0.717) is 0 Å². The van der Waals surface area contributed by atoms with Crippen LogP contribution >= 0.6 is 0 Å². The number of rotatable bonds is 1. The van der Waals surface area contributed by atoms with Crippen LogP contribution < -0.4 is 0 Å². The van der Waals surface area contributed by atoms with Crippen molar-refractivity contribution >= 4 is 22.6 Å². The van der Waals surface area contributed by atoms with Crippen LogP contribution in [0.1, 0.15) is 0 Å². The van der Waals surface area contributed by atoms with Crippen molar-refractivity contribution in [1.29, 1.82) is 0 Å². The molecule has 0 N–H and O–H groups in total. The van der Waals surface area contributed by atoms with Gasteiger partial charge in [0.05, 0.1) is 0 Å². The molecule has 0 aliphatic carbocycles. The molecule has 12 heteroatoms. The maximum atomic E-state index is 4.14. The summed E-state index contributed by atoms with van der Waals surface area (Å²) in [6, 6.07) is 0. The van der Waals surface area contributed by atoms with Gasteiger partial charge in [0.1, 0.15) is 12.7 Å². The Hall–Kier alpha value is -3.44. The zero-order valence-electron chi connectivity index (χ0n) is 9.52. The lowest BCUT2D eigenvalue weighted by Gasteiger charge is -1.98. The van der Waals surface area contributed by atoms with E-state index in [-0.39, 0.29) is 34.2 Å². The van der Waals surface area contributed by atoms with Crippen molar-refractivity contribution in [3.8, 4) is 11.6 Å². The van der Waals surface area contributed by atoms with Gasteiger partial charge >= 0.3 is 0 Å². The van der Waals surface area contributed by atoms with Crippen molar-refractivity contribution in [2.24, 2.45) is 0 Å². The van der Waals surface area contributed by atoms with E-state index in [0.717, 1.165) is 0 Å². The fourth-order valence-electron chi connectivity index (χ4n) is 1.44. The first kappa shape index (κ1) is 10.5. The monoisotopic (exact) mass is 266 g/mol. The minimum absolute atomic E-state index is 0.158. The quantitative estimate of drug-likeness (QED) is 0.389. The van der Waals surface area contributed by atoms with Crippen LogP contribution in [0.25, 0.3) is 34.2 Å². The average molecular weight is 266 g/mol. The Balaban J connectivity index is 1.91. The highest BCUT2D eigenvalue weighted by atomic mass is 15.3. The minimum Gasteiger partial charge on any atom is -0.211 e. The van der Waals surface area contributed by atoms with Crippen molar-refractivity contribution in [2.75, 3.05) is 0 Å². The molecule has 4 heterocycles. The maximum Gasteiger partial charge on any atom is 0.240 e. The summed E-state index contributed by atoms with van der Waals surface area (Å²) in [4.78, 5) is 16.1. The molecule has 0 atom stereocenters. The molecule has 4 aromatic heterocycles.